The van der Waals surface area contributed by atoms with Gasteiger partial charge in [0.05, 0.1) is 9.78 Å². The van der Waals surface area contributed by atoms with Crippen LogP contribution in [-0.4, -0.2) is 29.9 Å². The molecular weight excluding hydrogens is 411 g/mol. The maximum absolute atomic E-state index is 12.0. The molecule has 1 aliphatic heterocycles. The Morgan fingerprint density at radius 3 is 2.87 bits per heavy atom. The Morgan fingerprint density at radius 2 is 2.09 bits per heavy atom. The smallest absolute Gasteiger partial charge is 0.284 e. The van der Waals surface area contributed by atoms with Gasteiger partial charge < -0.3 is 14.6 Å². The minimum atomic E-state index is -0.748. The first kappa shape index (κ1) is 15.6. The van der Waals surface area contributed by atoms with Gasteiger partial charge in [-0.1, -0.05) is 12.1 Å². The van der Waals surface area contributed by atoms with Crippen LogP contribution in [0.3, 0.4) is 0 Å². The lowest BCUT2D eigenvalue weighted by molar-refractivity contribution is -0.130. The molecule has 2 aromatic rings. The number of halogens is 1. The van der Waals surface area contributed by atoms with Crippen molar-refractivity contribution < 1.29 is 19.4 Å². The number of aromatic hydroxyl groups is 1. The number of fused-ring (bicyclic) bond motifs is 1. The standard InChI is InChI=1S/C16H13IN2O4/c17-11-7-10(5-6-12(11)20)8-18-19-16(21)15-9-22-13-3-1-2-4-14(13)23-15/h1-8,15,20H,9H2,(H,19,21)/b18-8-. The Kier molecular flexibility index (Phi) is 4.65. The summed E-state index contributed by atoms with van der Waals surface area (Å²) < 4.78 is 11.8. The van der Waals surface area contributed by atoms with Crippen molar-refractivity contribution in [3.8, 4) is 17.2 Å². The molecule has 1 atom stereocenters. The lowest BCUT2D eigenvalue weighted by Crippen LogP contribution is -2.42. The van der Waals surface area contributed by atoms with Crippen LogP contribution in [0.15, 0.2) is 47.6 Å². The van der Waals surface area contributed by atoms with E-state index in [4.69, 9.17) is 9.47 Å². The van der Waals surface area contributed by atoms with E-state index in [1.54, 1.807) is 30.3 Å². The molecule has 0 radical (unpaired) electrons. The fourth-order valence-corrected chi connectivity index (χ4v) is 2.53. The SMILES string of the molecule is O=C(N/N=C\c1ccc(O)c(I)c1)C1COc2ccccc2O1. The van der Waals surface area contributed by atoms with E-state index in [2.05, 4.69) is 10.5 Å². The van der Waals surface area contributed by atoms with E-state index < -0.39 is 6.10 Å². The summed E-state index contributed by atoms with van der Waals surface area (Å²) in [6.07, 6.45) is 0.749. The van der Waals surface area contributed by atoms with Crippen LogP contribution in [0.4, 0.5) is 0 Å². The summed E-state index contributed by atoms with van der Waals surface area (Å²) in [5.41, 5.74) is 3.19. The predicted octanol–water partition coefficient (Wildman–Crippen LogP) is 2.29. The molecule has 0 aromatic heterocycles. The molecule has 6 nitrogen and oxygen atoms in total. The Hall–Kier alpha value is -2.29. The van der Waals surface area contributed by atoms with Gasteiger partial charge in [-0.2, -0.15) is 5.10 Å². The van der Waals surface area contributed by atoms with Crippen molar-refractivity contribution >= 4 is 34.7 Å². The van der Waals surface area contributed by atoms with Gasteiger partial charge in [0.25, 0.3) is 5.91 Å². The normalized spacial score (nSPS) is 16.3. The second kappa shape index (κ2) is 6.86. The molecule has 2 aromatic carbocycles. The van der Waals surface area contributed by atoms with Gasteiger partial charge in [-0.3, -0.25) is 4.79 Å². The van der Waals surface area contributed by atoms with Crippen molar-refractivity contribution in [3.05, 3.63) is 51.6 Å². The number of rotatable bonds is 3. The van der Waals surface area contributed by atoms with E-state index in [-0.39, 0.29) is 18.3 Å². The Bertz CT molecular complexity index is 763. The van der Waals surface area contributed by atoms with E-state index in [0.717, 1.165) is 5.56 Å². The van der Waals surface area contributed by atoms with E-state index >= 15 is 0 Å². The number of hydrazone groups is 1. The van der Waals surface area contributed by atoms with E-state index in [1.807, 2.05) is 34.7 Å². The number of nitrogens with zero attached hydrogens (tertiary/aromatic N) is 1. The van der Waals surface area contributed by atoms with Gasteiger partial charge >= 0.3 is 0 Å². The lowest BCUT2D eigenvalue weighted by atomic mass is 10.2. The summed E-state index contributed by atoms with van der Waals surface area (Å²) in [6.45, 7) is 0.134. The molecule has 0 saturated heterocycles. The number of nitrogens with one attached hydrogen (secondary N) is 1. The third kappa shape index (κ3) is 3.73. The molecule has 3 rings (SSSR count). The summed E-state index contributed by atoms with van der Waals surface area (Å²) in [4.78, 5) is 12.0. The summed E-state index contributed by atoms with van der Waals surface area (Å²) in [7, 11) is 0. The van der Waals surface area contributed by atoms with Gasteiger partial charge in [-0.15, -0.1) is 0 Å². The van der Waals surface area contributed by atoms with Gasteiger partial charge in [-0.25, -0.2) is 5.43 Å². The van der Waals surface area contributed by atoms with Crippen LogP contribution in [0, 0.1) is 3.57 Å². The summed E-state index contributed by atoms with van der Waals surface area (Å²) >= 11 is 2.02. The molecule has 0 spiro atoms. The first-order valence-electron chi connectivity index (χ1n) is 6.83. The van der Waals surface area contributed by atoms with Crippen LogP contribution in [0.25, 0.3) is 0 Å². The minimum Gasteiger partial charge on any atom is -0.507 e. The predicted molar refractivity (Wildman–Crippen MR) is 92.9 cm³/mol. The third-order valence-corrected chi connectivity index (χ3v) is 4.03. The highest BCUT2D eigenvalue weighted by atomic mass is 127. The molecule has 2 N–H and O–H groups in total. The van der Waals surface area contributed by atoms with Crippen LogP contribution >= 0.6 is 22.6 Å². The molecule has 23 heavy (non-hydrogen) atoms. The molecule has 1 unspecified atom stereocenters. The zero-order valence-electron chi connectivity index (χ0n) is 11.9. The maximum atomic E-state index is 12.0. The van der Waals surface area contributed by atoms with Crippen LogP contribution in [0.1, 0.15) is 5.56 Å². The van der Waals surface area contributed by atoms with Gasteiger partial charge in [-0.05, 0) is 58.5 Å². The van der Waals surface area contributed by atoms with Crippen molar-refractivity contribution in [1.29, 1.82) is 0 Å². The number of carbonyl (C=O) groups is 1. The molecule has 1 amide bonds. The van der Waals surface area contributed by atoms with Gasteiger partial charge in [0.15, 0.2) is 11.5 Å². The zero-order chi connectivity index (χ0) is 16.2. The minimum absolute atomic E-state index is 0.134. The van der Waals surface area contributed by atoms with Crippen molar-refractivity contribution in [1.82, 2.24) is 5.43 Å². The molecule has 0 saturated carbocycles. The van der Waals surface area contributed by atoms with Crippen molar-refractivity contribution in [2.24, 2.45) is 5.10 Å². The Labute approximate surface area is 146 Å². The molecule has 0 bridgehead atoms. The summed E-state index contributed by atoms with van der Waals surface area (Å²) in [5.74, 6) is 0.983. The molecule has 1 aliphatic rings. The van der Waals surface area contributed by atoms with Gasteiger partial charge in [0, 0.05) is 0 Å². The Morgan fingerprint density at radius 1 is 1.30 bits per heavy atom. The van der Waals surface area contributed by atoms with Crippen molar-refractivity contribution in [3.63, 3.8) is 0 Å². The number of hydrogen-bond acceptors (Lipinski definition) is 5. The monoisotopic (exact) mass is 424 g/mol. The van der Waals surface area contributed by atoms with Gasteiger partial charge in [0.1, 0.15) is 12.4 Å². The number of hydrogen-bond donors (Lipinski definition) is 2. The van der Waals surface area contributed by atoms with E-state index in [9.17, 15) is 9.90 Å². The molecule has 7 heteroatoms. The molecule has 118 valence electrons. The second-order valence-corrected chi connectivity index (χ2v) is 5.97. The van der Waals surface area contributed by atoms with Crippen molar-refractivity contribution in [2.75, 3.05) is 6.61 Å². The highest BCUT2D eigenvalue weighted by molar-refractivity contribution is 14.1. The molecule has 0 fully saturated rings. The first-order valence-corrected chi connectivity index (χ1v) is 7.91. The quantitative estimate of drug-likeness (QED) is 0.450. The largest absolute Gasteiger partial charge is 0.507 e. The number of benzene rings is 2. The average molecular weight is 424 g/mol. The molecule has 1 heterocycles. The Balaban J connectivity index is 1.59. The summed E-state index contributed by atoms with van der Waals surface area (Å²) in [6, 6.07) is 12.2. The molecule has 0 aliphatic carbocycles. The highest BCUT2D eigenvalue weighted by Crippen LogP contribution is 2.30. The lowest BCUT2D eigenvalue weighted by Gasteiger charge is -2.24. The molecular formula is C16H13IN2O4. The van der Waals surface area contributed by atoms with E-state index in [1.165, 1.54) is 6.21 Å². The zero-order valence-corrected chi connectivity index (χ0v) is 14.1. The second-order valence-electron chi connectivity index (χ2n) is 4.81. The first-order chi connectivity index (χ1) is 11.1. The third-order valence-electron chi connectivity index (χ3n) is 3.16. The number of ether oxygens (including phenoxy) is 2. The van der Waals surface area contributed by atoms with Gasteiger partial charge in [0.2, 0.25) is 6.10 Å². The van der Waals surface area contributed by atoms with Crippen LogP contribution < -0.4 is 14.9 Å². The van der Waals surface area contributed by atoms with E-state index in [0.29, 0.717) is 15.1 Å². The number of amides is 1. The number of phenols is 1. The van der Waals surface area contributed by atoms with Crippen molar-refractivity contribution in [2.45, 2.75) is 6.10 Å². The van der Waals surface area contributed by atoms with Crippen LogP contribution in [-0.2, 0) is 4.79 Å². The summed E-state index contributed by atoms with van der Waals surface area (Å²) in [5, 5.41) is 13.4. The number of phenolic OH excluding ortho intramolecular Hbond substituents is 1. The highest BCUT2D eigenvalue weighted by Gasteiger charge is 2.26. The number of carbonyl (C=O) groups excluding carboxylic acids is 1. The fraction of sp³-hybridized carbons (Fsp3) is 0.125. The average Bonchev–Trinajstić information content (AvgIpc) is 2.57. The maximum Gasteiger partial charge on any atom is 0.284 e. The fourth-order valence-electron chi connectivity index (χ4n) is 1.99. The topological polar surface area (TPSA) is 80.2 Å². The van der Waals surface area contributed by atoms with Crippen LogP contribution in [0.2, 0.25) is 0 Å². The van der Waals surface area contributed by atoms with Crippen LogP contribution in [0.5, 0.6) is 17.2 Å². The number of para-hydroxylation sites is 2.